The largest absolute Gasteiger partial charge is 0.329 e. The highest BCUT2D eigenvalue weighted by atomic mass is 15.0. The van der Waals surface area contributed by atoms with E-state index in [1.807, 2.05) is 6.92 Å². The highest BCUT2D eigenvalue weighted by molar-refractivity contribution is 4.97. The Morgan fingerprint density at radius 2 is 2.25 bits per heavy atom. The molecular weight excluding hydrogens is 148 g/mol. The fraction of sp³-hybridized carbons (Fsp3) is 0.800. The predicted molar refractivity (Wildman–Crippen MR) is 53.8 cm³/mol. The van der Waals surface area contributed by atoms with Gasteiger partial charge in [0.05, 0.1) is 6.04 Å². The van der Waals surface area contributed by atoms with Gasteiger partial charge in [-0.15, -0.1) is 6.42 Å². The number of unbranched alkanes of at least 4 members (excludes halogenated alkanes) is 1. The highest BCUT2D eigenvalue weighted by Gasteiger charge is 2.07. The fourth-order valence-electron chi connectivity index (χ4n) is 1.12. The van der Waals surface area contributed by atoms with Gasteiger partial charge in [-0.25, -0.2) is 0 Å². The van der Waals surface area contributed by atoms with Crippen LogP contribution in [-0.2, 0) is 0 Å². The second-order valence-electron chi connectivity index (χ2n) is 3.13. The van der Waals surface area contributed by atoms with Crippen molar-refractivity contribution in [2.45, 2.75) is 45.2 Å². The number of terminal acetylenes is 1. The zero-order valence-electron chi connectivity index (χ0n) is 8.14. The Balaban J connectivity index is 3.60. The van der Waals surface area contributed by atoms with E-state index in [9.17, 15) is 0 Å². The summed E-state index contributed by atoms with van der Waals surface area (Å²) < 4.78 is 0. The Labute approximate surface area is 75.9 Å². The maximum atomic E-state index is 5.59. The molecule has 3 N–H and O–H groups in total. The van der Waals surface area contributed by atoms with Gasteiger partial charge < -0.3 is 5.73 Å². The highest BCUT2D eigenvalue weighted by Crippen LogP contribution is 1.99. The second kappa shape index (κ2) is 7.15. The van der Waals surface area contributed by atoms with E-state index in [1.165, 1.54) is 12.8 Å². The molecule has 0 aromatic carbocycles. The van der Waals surface area contributed by atoms with Crippen LogP contribution in [0.2, 0.25) is 0 Å². The SMILES string of the molecule is C#CC(C)NC(CN)CCCC. The maximum Gasteiger partial charge on any atom is 0.0660 e. The fourth-order valence-corrected chi connectivity index (χ4v) is 1.12. The average Bonchev–Trinajstić information content (AvgIpc) is 2.11. The first-order valence-electron chi connectivity index (χ1n) is 4.66. The van der Waals surface area contributed by atoms with E-state index in [-0.39, 0.29) is 6.04 Å². The lowest BCUT2D eigenvalue weighted by Crippen LogP contribution is -2.40. The van der Waals surface area contributed by atoms with Crippen LogP contribution in [0.1, 0.15) is 33.1 Å². The second-order valence-corrected chi connectivity index (χ2v) is 3.13. The first-order valence-corrected chi connectivity index (χ1v) is 4.66. The van der Waals surface area contributed by atoms with Crippen molar-refractivity contribution in [1.82, 2.24) is 5.32 Å². The topological polar surface area (TPSA) is 38.0 Å². The smallest absolute Gasteiger partial charge is 0.0660 e. The van der Waals surface area contributed by atoms with Crippen molar-refractivity contribution in [1.29, 1.82) is 0 Å². The summed E-state index contributed by atoms with van der Waals surface area (Å²) in [7, 11) is 0. The van der Waals surface area contributed by atoms with Crippen LogP contribution in [0.5, 0.6) is 0 Å². The lowest BCUT2D eigenvalue weighted by Gasteiger charge is -2.18. The summed E-state index contributed by atoms with van der Waals surface area (Å²) in [5.41, 5.74) is 5.59. The molecule has 0 bridgehead atoms. The zero-order chi connectivity index (χ0) is 9.40. The van der Waals surface area contributed by atoms with Crippen molar-refractivity contribution in [2.75, 3.05) is 6.54 Å². The molecule has 0 amide bonds. The minimum Gasteiger partial charge on any atom is -0.329 e. The van der Waals surface area contributed by atoms with E-state index >= 15 is 0 Å². The molecular formula is C10H20N2. The molecule has 2 atom stereocenters. The van der Waals surface area contributed by atoms with Gasteiger partial charge in [-0.05, 0) is 13.3 Å². The Kier molecular flexibility index (Phi) is 6.84. The third-order valence-corrected chi connectivity index (χ3v) is 1.93. The van der Waals surface area contributed by atoms with Gasteiger partial charge in [0.25, 0.3) is 0 Å². The lowest BCUT2D eigenvalue weighted by molar-refractivity contribution is 0.456. The monoisotopic (exact) mass is 168 g/mol. The molecule has 0 rings (SSSR count). The molecule has 0 aromatic heterocycles. The van der Waals surface area contributed by atoms with Gasteiger partial charge in [-0.1, -0.05) is 25.7 Å². The normalized spacial score (nSPS) is 15.2. The van der Waals surface area contributed by atoms with Crippen molar-refractivity contribution >= 4 is 0 Å². The number of hydrogen-bond acceptors (Lipinski definition) is 2. The summed E-state index contributed by atoms with van der Waals surface area (Å²) >= 11 is 0. The Bertz CT molecular complexity index is 137. The molecule has 0 aliphatic heterocycles. The number of nitrogens with one attached hydrogen (secondary N) is 1. The van der Waals surface area contributed by atoms with Crippen molar-refractivity contribution < 1.29 is 0 Å². The van der Waals surface area contributed by atoms with Gasteiger partial charge in [-0.2, -0.15) is 0 Å². The molecule has 0 heterocycles. The third kappa shape index (κ3) is 5.17. The minimum atomic E-state index is 0.135. The maximum absolute atomic E-state index is 5.59. The van der Waals surface area contributed by atoms with E-state index in [4.69, 9.17) is 12.2 Å². The van der Waals surface area contributed by atoms with Crippen LogP contribution >= 0.6 is 0 Å². The van der Waals surface area contributed by atoms with Gasteiger partial charge >= 0.3 is 0 Å². The van der Waals surface area contributed by atoms with Crippen LogP contribution in [0.4, 0.5) is 0 Å². The Morgan fingerprint density at radius 3 is 2.67 bits per heavy atom. The van der Waals surface area contributed by atoms with E-state index in [0.717, 1.165) is 6.42 Å². The molecule has 2 unspecified atom stereocenters. The van der Waals surface area contributed by atoms with Crippen LogP contribution in [0.25, 0.3) is 0 Å². The van der Waals surface area contributed by atoms with Crippen molar-refractivity contribution in [3.8, 4) is 12.3 Å². The zero-order valence-corrected chi connectivity index (χ0v) is 8.14. The minimum absolute atomic E-state index is 0.135. The molecule has 0 fully saturated rings. The summed E-state index contributed by atoms with van der Waals surface area (Å²) in [6.07, 6.45) is 8.80. The van der Waals surface area contributed by atoms with E-state index < -0.39 is 0 Å². The molecule has 70 valence electrons. The van der Waals surface area contributed by atoms with Crippen LogP contribution in [0.3, 0.4) is 0 Å². The van der Waals surface area contributed by atoms with Crippen molar-refractivity contribution in [3.05, 3.63) is 0 Å². The van der Waals surface area contributed by atoms with Crippen LogP contribution in [-0.4, -0.2) is 18.6 Å². The first-order chi connectivity index (χ1) is 5.74. The molecule has 0 saturated carbocycles. The predicted octanol–water partition coefficient (Wildman–Crippen LogP) is 1.12. The van der Waals surface area contributed by atoms with E-state index in [0.29, 0.717) is 12.6 Å². The van der Waals surface area contributed by atoms with Gasteiger partial charge in [0, 0.05) is 12.6 Å². The van der Waals surface area contributed by atoms with Crippen LogP contribution in [0.15, 0.2) is 0 Å². The molecule has 0 spiro atoms. The molecule has 0 radical (unpaired) electrons. The summed E-state index contributed by atoms with van der Waals surface area (Å²) in [6.45, 7) is 4.83. The number of rotatable bonds is 6. The summed E-state index contributed by atoms with van der Waals surface area (Å²) in [5.74, 6) is 2.64. The van der Waals surface area contributed by atoms with Crippen molar-refractivity contribution in [2.24, 2.45) is 5.73 Å². The number of nitrogens with two attached hydrogens (primary N) is 1. The van der Waals surface area contributed by atoms with Gasteiger partial charge in [-0.3, -0.25) is 5.32 Å². The third-order valence-electron chi connectivity index (χ3n) is 1.93. The molecule has 0 aromatic rings. The Morgan fingerprint density at radius 1 is 1.58 bits per heavy atom. The standard InChI is InChI=1S/C10H20N2/c1-4-6-7-10(8-11)12-9(3)5-2/h2,9-10,12H,4,6-8,11H2,1,3H3. The molecule has 0 aliphatic rings. The Hall–Kier alpha value is -0.520. The molecule has 0 aliphatic carbocycles. The van der Waals surface area contributed by atoms with Gasteiger partial charge in [0.2, 0.25) is 0 Å². The lowest BCUT2D eigenvalue weighted by atomic mass is 10.1. The van der Waals surface area contributed by atoms with E-state index in [1.54, 1.807) is 0 Å². The summed E-state index contributed by atoms with van der Waals surface area (Å²) in [5, 5.41) is 3.29. The average molecular weight is 168 g/mol. The number of hydrogen-bond donors (Lipinski definition) is 2. The summed E-state index contributed by atoms with van der Waals surface area (Å²) in [6, 6.07) is 0.520. The molecule has 2 nitrogen and oxygen atoms in total. The quantitative estimate of drug-likeness (QED) is 0.583. The first kappa shape index (κ1) is 11.5. The van der Waals surface area contributed by atoms with Crippen LogP contribution < -0.4 is 11.1 Å². The van der Waals surface area contributed by atoms with Gasteiger partial charge in [0.15, 0.2) is 0 Å². The molecule has 0 saturated heterocycles. The summed E-state index contributed by atoms with van der Waals surface area (Å²) in [4.78, 5) is 0. The van der Waals surface area contributed by atoms with E-state index in [2.05, 4.69) is 18.2 Å². The molecule has 12 heavy (non-hydrogen) atoms. The molecule has 2 heteroatoms. The van der Waals surface area contributed by atoms with Gasteiger partial charge in [0.1, 0.15) is 0 Å². The van der Waals surface area contributed by atoms with Crippen LogP contribution in [0, 0.1) is 12.3 Å². The van der Waals surface area contributed by atoms with Crippen molar-refractivity contribution in [3.63, 3.8) is 0 Å².